The summed E-state index contributed by atoms with van der Waals surface area (Å²) in [6.45, 7) is -0.863. The van der Waals surface area contributed by atoms with E-state index in [0.717, 1.165) is 24.3 Å². The van der Waals surface area contributed by atoms with Gasteiger partial charge in [-0.3, -0.25) is 4.79 Å². The summed E-state index contributed by atoms with van der Waals surface area (Å²) in [5, 5.41) is 2.24. The zero-order chi connectivity index (χ0) is 17.0. The zero-order valence-corrected chi connectivity index (χ0v) is 13.3. The van der Waals surface area contributed by atoms with Gasteiger partial charge in [-0.25, -0.2) is 9.65 Å². The lowest BCUT2D eigenvalue weighted by atomic mass is 10.2. The molecule has 0 aromatic heterocycles. The minimum atomic E-state index is -4.49. The number of hydrogen-bond acceptors (Lipinski definition) is 4. The molecule has 1 rings (SSSR count). The van der Waals surface area contributed by atoms with Gasteiger partial charge in [0, 0.05) is 11.2 Å². The third-order valence-electron chi connectivity index (χ3n) is 2.39. The van der Waals surface area contributed by atoms with Gasteiger partial charge in [-0.15, -0.1) is 0 Å². The second-order valence-corrected chi connectivity index (χ2v) is 6.93. The molecule has 2 atom stereocenters. The second kappa shape index (κ2) is 7.35. The van der Waals surface area contributed by atoms with Gasteiger partial charge in [0.2, 0.25) is 0 Å². The minimum absolute atomic E-state index is 0.130. The van der Waals surface area contributed by atoms with Crippen LogP contribution < -0.4 is 9.61 Å². The number of nitrogens with one attached hydrogen (secondary N) is 1. The first-order chi connectivity index (χ1) is 10.0. The molecule has 0 heterocycles. The molecule has 124 valence electrons. The van der Waals surface area contributed by atoms with Gasteiger partial charge >= 0.3 is 19.0 Å². The van der Waals surface area contributed by atoms with E-state index in [9.17, 15) is 22.5 Å². The molecule has 0 radical (unpaired) electrons. The third-order valence-corrected chi connectivity index (χ3v) is 4.03. The average Bonchev–Trinajstić information content (AvgIpc) is 2.37. The van der Waals surface area contributed by atoms with Gasteiger partial charge in [0.15, 0.2) is 0 Å². The van der Waals surface area contributed by atoms with E-state index in [1.54, 1.807) is 6.92 Å². The minimum Gasteiger partial charge on any atom is -0.465 e. The molecular weight excluding hydrogens is 346 g/mol. The first kappa shape index (κ1) is 18.8. The van der Waals surface area contributed by atoms with Gasteiger partial charge in [-0.1, -0.05) is 0 Å². The van der Waals surface area contributed by atoms with Crippen LogP contribution in [-0.4, -0.2) is 18.6 Å². The number of carbonyl (C=O) groups is 1. The van der Waals surface area contributed by atoms with Crippen molar-refractivity contribution in [3.63, 3.8) is 0 Å². The molecule has 0 saturated heterocycles. The molecule has 0 spiro atoms. The largest absolute Gasteiger partial charge is 0.465 e. The third kappa shape index (κ3) is 5.87. The molecule has 0 aliphatic rings. The van der Waals surface area contributed by atoms with E-state index in [1.807, 2.05) is 0 Å². The van der Waals surface area contributed by atoms with E-state index >= 15 is 0 Å². The maximum Gasteiger partial charge on any atom is 0.416 e. The van der Waals surface area contributed by atoms with Crippen molar-refractivity contribution in [1.82, 2.24) is 5.09 Å². The highest BCUT2D eigenvalue weighted by Gasteiger charge is 2.31. The van der Waals surface area contributed by atoms with E-state index < -0.39 is 30.6 Å². The van der Waals surface area contributed by atoms with Crippen LogP contribution in [0.2, 0.25) is 0 Å². The predicted octanol–water partition coefficient (Wildman–Crippen LogP) is 3.97. The van der Waals surface area contributed by atoms with Gasteiger partial charge in [0.25, 0.3) is 0 Å². The highest BCUT2D eigenvalue weighted by molar-refractivity contribution is 7.84. The maximum absolute atomic E-state index is 12.4. The number of halogens is 4. The monoisotopic (exact) mass is 359 g/mol. The molecule has 0 bridgehead atoms. The molecule has 0 saturated carbocycles. The summed E-state index contributed by atoms with van der Waals surface area (Å²) in [7, 11) is 0. The Morgan fingerprint density at radius 3 is 2.36 bits per heavy atom. The average molecular weight is 360 g/mol. The Bertz CT molecular complexity index is 564. The summed E-state index contributed by atoms with van der Waals surface area (Å²) in [5.41, 5.74) is -0.878. The van der Waals surface area contributed by atoms with Crippen LogP contribution in [0.4, 0.5) is 13.2 Å². The molecule has 0 fully saturated rings. The van der Waals surface area contributed by atoms with Crippen molar-refractivity contribution in [2.24, 2.45) is 0 Å². The molecule has 0 aliphatic carbocycles. The van der Waals surface area contributed by atoms with Gasteiger partial charge in [-0.2, -0.15) is 13.2 Å². The Labute approximate surface area is 130 Å². The smallest absolute Gasteiger partial charge is 0.416 e. The Balaban J connectivity index is 2.72. The quantitative estimate of drug-likeness (QED) is 0.615. The number of rotatable bonds is 6. The van der Waals surface area contributed by atoms with Crippen LogP contribution in [0.1, 0.15) is 19.4 Å². The molecule has 1 aromatic rings. The lowest BCUT2D eigenvalue weighted by molar-refractivity contribution is -0.144. The molecule has 1 N–H and O–H groups in total. The Hall–Kier alpha value is -1.24. The summed E-state index contributed by atoms with van der Waals surface area (Å²) >= 11 is 5.63. The molecular formula is C12H14ClF3NO4P. The van der Waals surface area contributed by atoms with E-state index in [2.05, 4.69) is 5.09 Å². The number of hydrogen-bond donors (Lipinski definition) is 1. The zero-order valence-electron chi connectivity index (χ0n) is 11.7. The first-order valence-electron chi connectivity index (χ1n) is 6.16. The summed E-state index contributed by atoms with van der Waals surface area (Å²) in [5.74, 6) is -0.811. The van der Waals surface area contributed by atoms with Gasteiger partial charge in [0.1, 0.15) is 11.8 Å². The Morgan fingerprint density at radius 1 is 1.36 bits per heavy atom. The Kier molecular flexibility index (Phi) is 6.28. The fourth-order valence-corrected chi connectivity index (χ4v) is 3.11. The first-order valence-corrected chi connectivity index (χ1v) is 8.69. The van der Waals surface area contributed by atoms with Gasteiger partial charge < -0.3 is 9.26 Å². The van der Waals surface area contributed by atoms with Crippen LogP contribution in [-0.2, 0) is 20.3 Å². The van der Waals surface area contributed by atoms with E-state index in [4.69, 9.17) is 20.5 Å². The predicted molar refractivity (Wildman–Crippen MR) is 74.8 cm³/mol. The number of benzene rings is 1. The SMILES string of the molecule is CCOC(=O)[C@H](C)NP(=O)(Cl)Oc1ccc(C(F)(F)F)cc1. The van der Waals surface area contributed by atoms with Crippen molar-refractivity contribution < 1.29 is 31.8 Å². The topological polar surface area (TPSA) is 64.6 Å². The standard InChI is InChI=1S/C12H14ClF3NO4P/c1-3-20-11(18)8(2)17-22(13,19)21-10-6-4-9(5-7-10)12(14,15)16/h4-8H,3H2,1-2H3,(H,17,19)/t8-,22?/m0/s1. The van der Waals surface area contributed by atoms with Crippen LogP contribution in [0.25, 0.3) is 0 Å². The Morgan fingerprint density at radius 2 is 1.91 bits per heavy atom. The van der Waals surface area contributed by atoms with E-state index in [-0.39, 0.29) is 12.4 Å². The van der Waals surface area contributed by atoms with Crippen molar-refractivity contribution >= 4 is 24.1 Å². The van der Waals surface area contributed by atoms with Gasteiger partial charge in [-0.05, 0) is 38.1 Å². The molecule has 1 unspecified atom stereocenters. The number of esters is 1. The van der Waals surface area contributed by atoms with Crippen molar-refractivity contribution in [3.05, 3.63) is 29.8 Å². The molecule has 22 heavy (non-hydrogen) atoms. The summed E-state index contributed by atoms with van der Waals surface area (Å²) < 4.78 is 58.8. The van der Waals surface area contributed by atoms with Crippen molar-refractivity contribution in [2.45, 2.75) is 26.1 Å². The number of ether oxygens (including phenoxy) is 1. The molecule has 1 aromatic carbocycles. The van der Waals surface area contributed by atoms with Crippen molar-refractivity contribution in [3.8, 4) is 5.75 Å². The molecule has 0 aliphatic heterocycles. The van der Waals surface area contributed by atoms with Crippen LogP contribution in [0, 0.1) is 0 Å². The van der Waals surface area contributed by atoms with Crippen LogP contribution >= 0.6 is 18.1 Å². The summed E-state index contributed by atoms with van der Waals surface area (Å²) in [6, 6.07) is 2.49. The van der Waals surface area contributed by atoms with Crippen LogP contribution in [0.3, 0.4) is 0 Å². The molecule has 5 nitrogen and oxygen atoms in total. The number of carbonyl (C=O) groups excluding carboxylic acids is 1. The van der Waals surface area contributed by atoms with Crippen molar-refractivity contribution in [1.29, 1.82) is 0 Å². The highest BCUT2D eigenvalue weighted by Crippen LogP contribution is 2.48. The van der Waals surface area contributed by atoms with E-state index in [0.29, 0.717) is 0 Å². The summed E-state index contributed by atoms with van der Waals surface area (Å²) in [4.78, 5) is 11.4. The summed E-state index contributed by atoms with van der Waals surface area (Å²) in [6.07, 6.45) is -4.49. The second-order valence-electron chi connectivity index (χ2n) is 4.20. The lowest BCUT2D eigenvalue weighted by Gasteiger charge is -2.18. The normalized spacial score (nSPS) is 15.7. The fraction of sp³-hybridized carbons (Fsp3) is 0.417. The van der Waals surface area contributed by atoms with Gasteiger partial charge in [0.05, 0.1) is 12.2 Å². The maximum atomic E-state index is 12.4. The van der Waals surface area contributed by atoms with E-state index in [1.165, 1.54) is 6.92 Å². The van der Waals surface area contributed by atoms with Crippen molar-refractivity contribution in [2.75, 3.05) is 6.61 Å². The van der Waals surface area contributed by atoms with Crippen LogP contribution in [0.5, 0.6) is 5.75 Å². The fourth-order valence-electron chi connectivity index (χ4n) is 1.42. The highest BCUT2D eigenvalue weighted by atomic mass is 35.7. The number of alkyl halides is 3. The van der Waals surface area contributed by atoms with Crippen LogP contribution in [0.15, 0.2) is 24.3 Å². The molecule has 10 heteroatoms. The lowest BCUT2D eigenvalue weighted by Crippen LogP contribution is -2.33. The molecule has 0 amide bonds.